The third-order valence-corrected chi connectivity index (χ3v) is 3.96. The van der Waals surface area contributed by atoms with E-state index in [1.54, 1.807) is 12.5 Å². The van der Waals surface area contributed by atoms with Crippen molar-refractivity contribution in [3.8, 4) is 0 Å². The third kappa shape index (κ3) is 6.89. The summed E-state index contributed by atoms with van der Waals surface area (Å²) in [5.41, 5.74) is 0. The van der Waals surface area contributed by atoms with Gasteiger partial charge in [0.25, 0.3) is 0 Å². The molecule has 0 fully saturated rings. The molecule has 1 N–H and O–H groups in total. The van der Waals surface area contributed by atoms with Gasteiger partial charge in [0.15, 0.2) is 5.96 Å². The van der Waals surface area contributed by atoms with Gasteiger partial charge in [-0.1, -0.05) is 25.4 Å². The number of aromatic nitrogens is 2. The Morgan fingerprint density at radius 2 is 2.24 bits per heavy atom. The van der Waals surface area contributed by atoms with Gasteiger partial charge in [-0.3, -0.25) is 4.99 Å². The normalized spacial score (nSPS) is 11.5. The van der Waals surface area contributed by atoms with Gasteiger partial charge in [-0.2, -0.15) is 0 Å². The van der Waals surface area contributed by atoms with Crippen LogP contribution in [0.15, 0.2) is 34.0 Å². The van der Waals surface area contributed by atoms with Crippen molar-refractivity contribution in [3.63, 3.8) is 0 Å². The number of guanidine groups is 1. The molecule has 25 heavy (non-hydrogen) atoms. The fourth-order valence-corrected chi connectivity index (χ4v) is 2.34. The highest BCUT2D eigenvalue weighted by molar-refractivity contribution is 14.0. The van der Waals surface area contributed by atoms with Crippen molar-refractivity contribution in [3.05, 3.63) is 41.3 Å². The summed E-state index contributed by atoms with van der Waals surface area (Å²) >= 11 is 6.06. The number of imidazole rings is 1. The van der Waals surface area contributed by atoms with Crippen LogP contribution in [0.3, 0.4) is 0 Å². The average Bonchev–Trinajstić information content (AvgIpc) is 3.16. The summed E-state index contributed by atoms with van der Waals surface area (Å²) in [4.78, 5) is 11.1. The first-order valence-electron chi connectivity index (χ1n) is 8.15. The van der Waals surface area contributed by atoms with Crippen LogP contribution in [-0.4, -0.2) is 40.5 Å². The number of halogens is 2. The topological polar surface area (TPSA) is 58.6 Å². The van der Waals surface area contributed by atoms with Crippen molar-refractivity contribution in [2.24, 2.45) is 18.0 Å². The van der Waals surface area contributed by atoms with Gasteiger partial charge in [0.1, 0.15) is 16.7 Å². The maximum Gasteiger partial charge on any atom is 0.194 e. The van der Waals surface area contributed by atoms with E-state index < -0.39 is 0 Å². The van der Waals surface area contributed by atoms with Gasteiger partial charge in [0.05, 0.1) is 19.0 Å². The maximum absolute atomic E-state index is 6.06. The molecule has 6 nitrogen and oxygen atoms in total. The molecule has 2 aromatic rings. The first-order chi connectivity index (χ1) is 11.5. The van der Waals surface area contributed by atoms with Crippen LogP contribution in [0.1, 0.15) is 25.4 Å². The first kappa shape index (κ1) is 21.8. The number of rotatable bonds is 7. The Hall–Kier alpha value is -1.22. The second kappa shape index (κ2) is 10.7. The van der Waals surface area contributed by atoms with Gasteiger partial charge in [-0.15, -0.1) is 24.0 Å². The highest BCUT2D eigenvalue weighted by Crippen LogP contribution is 2.10. The third-order valence-electron chi connectivity index (χ3n) is 3.61. The lowest BCUT2D eigenvalue weighted by atomic mass is 10.2. The Morgan fingerprint density at radius 1 is 1.48 bits per heavy atom. The molecule has 0 saturated heterocycles. The van der Waals surface area contributed by atoms with Crippen LogP contribution in [0, 0.1) is 5.92 Å². The molecule has 0 radical (unpaired) electrons. The van der Waals surface area contributed by atoms with E-state index in [-0.39, 0.29) is 24.0 Å². The van der Waals surface area contributed by atoms with E-state index in [0.29, 0.717) is 17.6 Å². The second-order valence-corrected chi connectivity index (χ2v) is 6.61. The fraction of sp³-hybridized carbons (Fsp3) is 0.529. The van der Waals surface area contributed by atoms with Crippen LogP contribution in [0.2, 0.25) is 5.15 Å². The summed E-state index contributed by atoms with van der Waals surface area (Å²) in [5, 5.41) is 4.04. The molecular weight excluding hydrogens is 453 g/mol. The lowest BCUT2D eigenvalue weighted by Gasteiger charge is -2.22. The van der Waals surface area contributed by atoms with E-state index in [9.17, 15) is 0 Å². The Bertz CT molecular complexity index is 654. The number of hydrogen-bond donors (Lipinski definition) is 1. The second-order valence-electron chi connectivity index (χ2n) is 6.23. The van der Waals surface area contributed by atoms with Crippen molar-refractivity contribution in [2.45, 2.75) is 26.8 Å². The minimum absolute atomic E-state index is 0. The molecular formula is C17H27ClIN5O. The standard InChI is InChI=1S/C17H26ClN5O.HI/c1-13(2)10-21-17(19-8-7-14-6-5-9-24-14)22(3)12-16-20-11-15(18)23(16)4;/h5-6,9,11,13H,7-8,10,12H2,1-4H3,(H,19,21);1H. The predicted octanol–water partition coefficient (Wildman–Crippen LogP) is 3.56. The van der Waals surface area contributed by atoms with Crippen molar-refractivity contribution in [2.75, 3.05) is 20.1 Å². The minimum Gasteiger partial charge on any atom is -0.469 e. The van der Waals surface area contributed by atoms with E-state index in [1.165, 1.54) is 0 Å². The Morgan fingerprint density at radius 3 is 2.80 bits per heavy atom. The van der Waals surface area contributed by atoms with Crippen molar-refractivity contribution >= 4 is 41.5 Å². The summed E-state index contributed by atoms with van der Waals surface area (Å²) in [6.45, 7) is 6.48. The van der Waals surface area contributed by atoms with Crippen LogP contribution >= 0.6 is 35.6 Å². The molecule has 0 aromatic carbocycles. The van der Waals surface area contributed by atoms with E-state index in [2.05, 4.69) is 29.0 Å². The van der Waals surface area contributed by atoms with Crippen LogP contribution in [0.4, 0.5) is 0 Å². The summed E-state index contributed by atoms with van der Waals surface area (Å²) in [7, 11) is 3.91. The molecule has 0 aliphatic carbocycles. The Balaban J connectivity index is 0.00000312. The van der Waals surface area contributed by atoms with Crippen LogP contribution < -0.4 is 5.32 Å². The minimum atomic E-state index is 0. The van der Waals surface area contributed by atoms with E-state index in [0.717, 1.165) is 37.1 Å². The molecule has 0 saturated carbocycles. The molecule has 0 atom stereocenters. The molecule has 0 bridgehead atoms. The number of hydrogen-bond acceptors (Lipinski definition) is 3. The van der Waals surface area contributed by atoms with Gasteiger partial charge >= 0.3 is 0 Å². The largest absolute Gasteiger partial charge is 0.469 e. The monoisotopic (exact) mass is 479 g/mol. The van der Waals surface area contributed by atoms with Gasteiger partial charge in [0, 0.05) is 33.6 Å². The zero-order chi connectivity index (χ0) is 17.5. The van der Waals surface area contributed by atoms with Gasteiger partial charge in [0.2, 0.25) is 0 Å². The highest BCUT2D eigenvalue weighted by atomic mass is 127. The van der Waals surface area contributed by atoms with Gasteiger partial charge in [-0.05, 0) is 18.1 Å². The predicted molar refractivity (Wildman–Crippen MR) is 113 cm³/mol. The lowest BCUT2D eigenvalue weighted by Crippen LogP contribution is -2.40. The van der Waals surface area contributed by atoms with Crippen LogP contribution in [0.25, 0.3) is 0 Å². The van der Waals surface area contributed by atoms with E-state index in [4.69, 9.17) is 21.0 Å². The molecule has 2 aromatic heterocycles. The number of furan rings is 1. The zero-order valence-corrected chi connectivity index (χ0v) is 18.3. The maximum atomic E-state index is 6.06. The van der Waals surface area contributed by atoms with Crippen molar-refractivity contribution in [1.29, 1.82) is 0 Å². The lowest BCUT2D eigenvalue weighted by molar-refractivity contribution is 0.447. The van der Waals surface area contributed by atoms with Gasteiger partial charge in [-0.25, -0.2) is 4.98 Å². The molecule has 2 heterocycles. The Labute approximate surface area is 171 Å². The molecule has 0 aliphatic rings. The summed E-state index contributed by atoms with van der Waals surface area (Å²) in [5.74, 6) is 3.22. The average molecular weight is 480 g/mol. The molecule has 0 unspecified atom stereocenters. The molecule has 2 rings (SSSR count). The highest BCUT2D eigenvalue weighted by Gasteiger charge is 2.12. The molecule has 8 heteroatoms. The summed E-state index contributed by atoms with van der Waals surface area (Å²) in [6, 6.07) is 3.88. The smallest absolute Gasteiger partial charge is 0.194 e. The Kier molecular flexibility index (Phi) is 9.34. The first-order valence-corrected chi connectivity index (χ1v) is 8.53. The SMILES string of the molecule is CC(C)CN=C(NCCc1ccco1)N(C)Cc1ncc(Cl)n1C.I. The number of nitrogens with one attached hydrogen (secondary N) is 1. The van der Waals surface area contributed by atoms with Crippen molar-refractivity contribution < 1.29 is 4.42 Å². The number of nitrogens with zero attached hydrogens (tertiary/aromatic N) is 4. The number of aliphatic imine (C=N–C) groups is 1. The summed E-state index contributed by atoms with van der Waals surface area (Å²) < 4.78 is 7.24. The molecule has 140 valence electrons. The van der Waals surface area contributed by atoms with Crippen LogP contribution in [-0.2, 0) is 20.0 Å². The van der Waals surface area contributed by atoms with Crippen molar-refractivity contribution in [1.82, 2.24) is 19.8 Å². The summed E-state index contributed by atoms with van der Waals surface area (Å²) in [6.07, 6.45) is 4.18. The molecule has 0 amide bonds. The van der Waals surface area contributed by atoms with E-state index >= 15 is 0 Å². The van der Waals surface area contributed by atoms with E-state index in [1.807, 2.05) is 30.8 Å². The zero-order valence-electron chi connectivity index (χ0n) is 15.2. The quantitative estimate of drug-likeness (QED) is 0.375. The van der Waals surface area contributed by atoms with Crippen LogP contribution in [0.5, 0.6) is 0 Å². The molecule has 0 aliphatic heterocycles. The van der Waals surface area contributed by atoms with Gasteiger partial charge < -0.3 is 19.2 Å². The molecule has 0 spiro atoms. The fourth-order valence-electron chi connectivity index (χ4n) is 2.19.